The van der Waals surface area contributed by atoms with E-state index in [0.717, 1.165) is 25.8 Å². The van der Waals surface area contributed by atoms with E-state index in [-0.39, 0.29) is 11.9 Å². The molecule has 0 aliphatic heterocycles. The van der Waals surface area contributed by atoms with Gasteiger partial charge in [-0.25, -0.2) is 0 Å². The van der Waals surface area contributed by atoms with E-state index < -0.39 is 0 Å². The Hall–Kier alpha value is -1.35. The van der Waals surface area contributed by atoms with Crippen molar-refractivity contribution in [2.45, 2.75) is 52.1 Å². The van der Waals surface area contributed by atoms with Gasteiger partial charge in [-0.05, 0) is 18.4 Å². The molecule has 0 aliphatic carbocycles. The number of nitrogens with two attached hydrogens (primary N) is 1. The Labute approximate surface area is 116 Å². The quantitative estimate of drug-likeness (QED) is 0.783. The molecule has 19 heavy (non-hydrogen) atoms. The Kier molecular flexibility index (Phi) is 7.19. The second-order valence-corrected chi connectivity index (χ2v) is 5.05. The van der Waals surface area contributed by atoms with E-state index in [1.807, 2.05) is 23.1 Å². The number of hydrogen-bond donors (Lipinski definition) is 1. The van der Waals surface area contributed by atoms with Crippen LogP contribution in [-0.4, -0.2) is 23.4 Å². The first-order valence-corrected chi connectivity index (χ1v) is 7.24. The van der Waals surface area contributed by atoms with Crippen molar-refractivity contribution in [3.05, 3.63) is 35.9 Å². The molecule has 0 saturated heterocycles. The van der Waals surface area contributed by atoms with Crippen LogP contribution < -0.4 is 5.73 Å². The average Bonchev–Trinajstić information content (AvgIpc) is 2.39. The Morgan fingerprint density at radius 1 is 1.21 bits per heavy atom. The van der Waals surface area contributed by atoms with Crippen LogP contribution in [0.3, 0.4) is 0 Å². The molecule has 1 atom stereocenters. The molecule has 0 radical (unpaired) electrons. The van der Waals surface area contributed by atoms with E-state index in [9.17, 15) is 4.79 Å². The molecule has 0 aliphatic rings. The molecular weight excluding hydrogens is 236 g/mol. The zero-order valence-corrected chi connectivity index (χ0v) is 12.1. The van der Waals surface area contributed by atoms with Gasteiger partial charge in [0.1, 0.15) is 0 Å². The van der Waals surface area contributed by atoms with E-state index in [1.54, 1.807) is 0 Å². The number of rotatable bonds is 8. The van der Waals surface area contributed by atoms with Crippen LogP contribution >= 0.6 is 0 Å². The van der Waals surface area contributed by atoms with Crippen LogP contribution in [-0.2, 0) is 11.3 Å². The molecule has 0 aromatic heterocycles. The first-order chi connectivity index (χ1) is 9.17. The Morgan fingerprint density at radius 3 is 2.47 bits per heavy atom. The standard InChI is InChI=1S/C16H26N2O/c1-3-8-15(17)12-16(19)18(11-4-2)13-14-9-6-5-7-10-14/h5-7,9-10,15H,3-4,8,11-13,17H2,1-2H3. The topological polar surface area (TPSA) is 46.3 Å². The minimum atomic E-state index is -0.00682. The minimum Gasteiger partial charge on any atom is -0.338 e. The van der Waals surface area contributed by atoms with Crippen LogP contribution in [0.25, 0.3) is 0 Å². The highest BCUT2D eigenvalue weighted by atomic mass is 16.2. The van der Waals surface area contributed by atoms with E-state index in [4.69, 9.17) is 5.73 Å². The fourth-order valence-corrected chi connectivity index (χ4v) is 2.19. The number of carbonyl (C=O) groups excluding carboxylic acids is 1. The average molecular weight is 262 g/mol. The van der Waals surface area contributed by atoms with Crippen LogP contribution in [0, 0.1) is 0 Å². The lowest BCUT2D eigenvalue weighted by Gasteiger charge is -2.24. The molecule has 106 valence electrons. The van der Waals surface area contributed by atoms with E-state index in [1.165, 1.54) is 5.56 Å². The maximum absolute atomic E-state index is 12.3. The van der Waals surface area contributed by atoms with Gasteiger partial charge in [0.15, 0.2) is 0 Å². The van der Waals surface area contributed by atoms with Crippen molar-refractivity contribution >= 4 is 5.91 Å². The third-order valence-corrected chi connectivity index (χ3v) is 3.16. The van der Waals surface area contributed by atoms with Gasteiger partial charge in [-0.15, -0.1) is 0 Å². The number of hydrogen-bond acceptors (Lipinski definition) is 2. The maximum Gasteiger partial charge on any atom is 0.224 e. The van der Waals surface area contributed by atoms with E-state index in [2.05, 4.69) is 26.0 Å². The minimum absolute atomic E-state index is 0.00682. The number of nitrogens with zero attached hydrogens (tertiary/aromatic N) is 1. The zero-order valence-electron chi connectivity index (χ0n) is 12.1. The molecule has 3 nitrogen and oxygen atoms in total. The molecule has 1 rings (SSSR count). The molecule has 2 N–H and O–H groups in total. The highest BCUT2D eigenvalue weighted by Gasteiger charge is 2.16. The van der Waals surface area contributed by atoms with E-state index >= 15 is 0 Å². The molecule has 0 bridgehead atoms. The lowest BCUT2D eigenvalue weighted by atomic mass is 10.1. The Morgan fingerprint density at radius 2 is 1.89 bits per heavy atom. The summed E-state index contributed by atoms with van der Waals surface area (Å²) in [5.41, 5.74) is 7.14. The summed E-state index contributed by atoms with van der Waals surface area (Å²) in [5.74, 6) is 0.173. The highest BCUT2D eigenvalue weighted by molar-refractivity contribution is 5.76. The molecule has 3 heteroatoms. The van der Waals surface area contributed by atoms with Gasteiger partial charge in [0.25, 0.3) is 0 Å². The number of benzene rings is 1. The molecule has 1 aromatic rings. The lowest BCUT2D eigenvalue weighted by molar-refractivity contribution is -0.132. The Bertz CT molecular complexity index is 364. The summed E-state index contributed by atoms with van der Waals surface area (Å²) >= 11 is 0. The molecule has 1 aromatic carbocycles. The van der Waals surface area contributed by atoms with Crippen LogP contribution in [0.5, 0.6) is 0 Å². The van der Waals surface area contributed by atoms with Crippen molar-refractivity contribution in [3.63, 3.8) is 0 Å². The van der Waals surface area contributed by atoms with Crippen LogP contribution in [0.1, 0.15) is 45.1 Å². The molecular formula is C16H26N2O. The lowest BCUT2D eigenvalue weighted by Crippen LogP contribution is -2.36. The van der Waals surface area contributed by atoms with Crippen molar-refractivity contribution in [1.29, 1.82) is 0 Å². The van der Waals surface area contributed by atoms with Crippen molar-refractivity contribution in [2.75, 3.05) is 6.54 Å². The molecule has 0 saturated carbocycles. The molecule has 0 heterocycles. The SMILES string of the molecule is CCCC(N)CC(=O)N(CCC)Cc1ccccc1. The van der Waals surface area contributed by atoms with Crippen molar-refractivity contribution in [1.82, 2.24) is 4.90 Å². The van der Waals surface area contributed by atoms with Crippen molar-refractivity contribution < 1.29 is 4.79 Å². The fourth-order valence-electron chi connectivity index (χ4n) is 2.19. The smallest absolute Gasteiger partial charge is 0.224 e. The number of amides is 1. The monoisotopic (exact) mass is 262 g/mol. The number of carbonyl (C=O) groups is 1. The van der Waals surface area contributed by atoms with Crippen LogP contribution in [0.2, 0.25) is 0 Å². The molecule has 0 fully saturated rings. The summed E-state index contributed by atoms with van der Waals surface area (Å²) in [6, 6.07) is 10.1. The summed E-state index contributed by atoms with van der Waals surface area (Å²) in [5, 5.41) is 0. The summed E-state index contributed by atoms with van der Waals surface area (Å²) in [4.78, 5) is 14.2. The summed E-state index contributed by atoms with van der Waals surface area (Å²) in [6.45, 7) is 5.67. The van der Waals surface area contributed by atoms with Gasteiger partial charge in [0, 0.05) is 25.6 Å². The first-order valence-electron chi connectivity index (χ1n) is 7.24. The predicted molar refractivity (Wildman–Crippen MR) is 79.7 cm³/mol. The van der Waals surface area contributed by atoms with Gasteiger partial charge in [0.05, 0.1) is 0 Å². The van der Waals surface area contributed by atoms with Gasteiger partial charge >= 0.3 is 0 Å². The Balaban J connectivity index is 2.58. The largest absolute Gasteiger partial charge is 0.338 e. The molecule has 0 spiro atoms. The van der Waals surface area contributed by atoms with Crippen LogP contribution in [0.4, 0.5) is 0 Å². The third kappa shape index (κ3) is 5.88. The van der Waals surface area contributed by atoms with Crippen LogP contribution in [0.15, 0.2) is 30.3 Å². The normalized spacial score (nSPS) is 12.2. The third-order valence-electron chi connectivity index (χ3n) is 3.16. The fraction of sp³-hybridized carbons (Fsp3) is 0.562. The summed E-state index contributed by atoms with van der Waals surface area (Å²) < 4.78 is 0. The first kappa shape index (κ1) is 15.7. The van der Waals surface area contributed by atoms with Gasteiger partial charge in [-0.1, -0.05) is 50.6 Å². The van der Waals surface area contributed by atoms with E-state index in [0.29, 0.717) is 13.0 Å². The van der Waals surface area contributed by atoms with Gasteiger partial charge < -0.3 is 10.6 Å². The van der Waals surface area contributed by atoms with Gasteiger partial charge in [-0.3, -0.25) is 4.79 Å². The highest BCUT2D eigenvalue weighted by Crippen LogP contribution is 2.09. The summed E-state index contributed by atoms with van der Waals surface area (Å²) in [7, 11) is 0. The molecule has 1 unspecified atom stereocenters. The predicted octanol–water partition coefficient (Wildman–Crippen LogP) is 2.94. The second-order valence-electron chi connectivity index (χ2n) is 5.05. The van der Waals surface area contributed by atoms with Crippen molar-refractivity contribution in [3.8, 4) is 0 Å². The second kappa shape index (κ2) is 8.70. The maximum atomic E-state index is 12.3. The zero-order chi connectivity index (χ0) is 14.1. The molecule has 1 amide bonds. The van der Waals surface area contributed by atoms with Gasteiger partial charge in [0.2, 0.25) is 5.91 Å². The summed E-state index contributed by atoms with van der Waals surface area (Å²) in [6.07, 6.45) is 3.38. The van der Waals surface area contributed by atoms with Gasteiger partial charge in [-0.2, -0.15) is 0 Å². The van der Waals surface area contributed by atoms with Crippen molar-refractivity contribution in [2.24, 2.45) is 5.73 Å².